The van der Waals surface area contributed by atoms with Crippen molar-refractivity contribution < 1.29 is 5.11 Å². The first kappa shape index (κ1) is 10.7. The van der Waals surface area contributed by atoms with Crippen molar-refractivity contribution in [2.45, 2.75) is 18.9 Å². The lowest BCUT2D eigenvalue weighted by molar-refractivity contribution is 0.168. The van der Waals surface area contributed by atoms with Gasteiger partial charge in [-0.25, -0.2) is 0 Å². The van der Waals surface area contributed by atoms with Gasteiger partial charge in [0.05, 0.1) is 6.10 Å². The van der Waals surface area contributed by atoms with E-state index in [1.54, 1.807) is 0 Å². The summed E-state index contributed by atoms with van der Waals surface area (Å²) in [6.45, 7) is 3.63. The van der Waals surface area contributed by atoms with E-state index in [4.69, 9.17) is 0 Å². The van der Waals surface area contributed by atoms with Crippen LogP contribution in [0.5, 0.6) is 0 Å². The van der Waals surface area contributed by atoms with E-state index in [1.165, 1.54) is 0 Å². The molecule has 0 spiro atoms. The van der Waals surface area contributed by atoms with Crippen LogP contribution in [0.2, 0.25) is 0 Å². The number of hydrogen-bond acceptors (Lipinski definition) is 1. The molecule has 0 aliphatic carbocycles. The van der Waals surface area contributed by atoms with Crippen LogP contribution in [0.4, 0.5) is 0 Å². The molecule has 1 aromatic rings. The highest BCUT2D eigenvalue weighted by Crippen LogP contribution is 2.19. The van der Waals surface area contributed by atoms with Gasteiger partial charge in [-0.1, -0.05) is 18.2 Å². The molecule has 1 atom stereocenters. The van der Waals surface area contributed by atoms with E-state index in [0.717, 1.165) is 22.0 Å². The number of hydrogen-bond donors (Lipinski definition) is 1. The van der Waals surface area contributed by atoms with Gasteiger partial charge < -0.3 is 5.11 Å². The molecular formula is C11H13IO. The van der Waals surface area contributed by atoms with Gasteiger partial charge in [0.1, 0.15) is 0 Å². The van der Waals surface area contributed by atoms with Crippen LogP contribution in [0.15, 0.2) is 36.9 Å². The molecule has 0 aliphatic heterocycles. The Kier molecular flexibility index (Phi) is 4.45. The molecule has 0 heterocycles. The molecule has 1 aromatic carbocycles. The molecule has 13 heavy (non-hydrogen) atoms. The smallest absolute Gasteiger partial charge is 0.0793 e. The van der Waals surface area contributed by atoms with E-state index in [2.05, 4.69) is 29.2 Å². The fourth-order valence-electron chi connectivity index (χ4n) is 1.16. The van der Waals surface area contributed by atoms with Crippen molar-refractivity contribution in [3.8, 4) is 0 Å². The van der Waals surface area contributed by atoms with Crippen LogP contribution in [0, 0.1) is 3.57 Å². The quantitative estimate of drug-likeness (QED) is 0.666. The van der Waals surface area contributed by atoms with Crippen molar-refractivity contribution in [1.82, 2.24) is 0 Å². The molecule has 0 radical (unpaired) electrons. The lowest BCUT2D eigenvalue weighted by Crippen LogP contribution is -1.96. The number of halogens is 1. The van der Waals surface area contributed by atoms with E-state index >= 15 is 0 Å². The molecule has 70 valence electrons. The van der Waals surface area contributed by atoms with Gasteiger partial charge >= 0.3 is 0 Å². The van der Waals surface area contributed by atoms with E-state index < -0.39 is 0 Å². The molecule has 0 aromatic heterocycles. The first-order valence-electron chi connectivity index (χ1n) is 4.28. The summed E-state index contributed by atoms with van der Waals surface area (Å²) in [6.07, 6.45) is 3.08. The van der Waals surface area contributed by atoms with Crippen LogP contribution in [0.25, 0.3) is 0 Å². The lowest BCUT2D eigenvalue weighted by atomic mass is 10.1. The number of allylic oxidation sites excluding steroid dienone is 1. The Morgan fingerprint density at radius 3 is 2.92 bits per heavy atom. The first-order chi connectivity index (χ1) is 6.24. The number of aliphatic hydroxyl groups excluding tert-OH is 1. The number of benzene rings is 1. The van der Waals surface area contributed by atoms with Gasteiger partial charge in [0.2, 0.25) is 0 Å². The van der Waals surface area contributed by atoms with Crippen LogP contribution in [-0.2, 0) is 0 Å². The first-order valence-corrected chi connectivity index (χ1v) is 5.36. The Balaban J connectivity index is 2.65. The molecule has 0 saturated carbocycles. The molecule has 1 rings (SSSR count). The summed E-state index contributed by atoms with van der Waals surface area (Å²) in [7, 11) is 0. The largest absolute Gasteiger partial charge is 0.388 e. The van der Waals surface area contributed by atoms with Gasteiger partial charge in [-0.3, -0.25) is 0 Å². The zero-order valence-corrected chi connectivity index (χ0v) is 9.57. The van der Waals surface area contributed by atoms with Gasteiger partial charge in [-0.05, 0) is 53.1 Å². The van der Waals surface area contributed by atoms with E-state index in [1.807, 2.05) is 30.3 Å². The van der Waals surface area contributed by atoms with Gasteiger partial charge in [0, 0.05) is 3.57 Å². The van der Waals surface area contributed by atoms with E-state index in [0.29, 0.717) is 0 Å². The summed E-state index contributed by atoms with van der Waals surface area (Å²) in [5.74, 6) is 0. The molecule has 0 amide bonds. The summed E-state index contributed by atoms with van der Waals surface area (Å²) < 4.78 is 1.16. The standard InChI is InChI=1S/C11H13IO/c1-2-3-7-11(13)9-5-4-6-10(12)8-9/h2,4-6,8,11,13H,1,3,7H2. The van der Waals surface area contributed by atoms with Gasteiger partial charge in [0.15, 0.2) is 0 Å². The summed E-state index contributed by atoms with van der Waals surface area (Å²) in [5.41, 5.74) is 0.994. The van der Waals surface area contributed by atoms with Crippen LogP contribution in [0.3, 0.4) is 0 Å². The minimum Gasteiger partial charge on any atom is -0.388 e. The lowest BCUT2D eigenvalue weighted by Gasteiger charge is -2.09. The second-order valence-electron chi connectivity index (χ2n) is 2.94. The van der Waals surface area contributed by atoms with Crippen molar-refractivity contribution in [3.05, 3.63) is 46.1 Å². The molecule has 2 heteroatoms. The third kappa shape index (κ3) is 3.48. The summed E-state index contributed by atoms with van der Waals surface area (Å²) >= 11 is 2.25. The summed E-state index contributed by atoms with van der Waals surface area (Å²) in [4.78, 5) is 0. The zero-order valence-electron chi connectivity index (χ0n) is 7.41. The van der Waals surface area contributed by atoms with E-state index in [9.17, 15) is 5.11 Å². The maximum absolute atomic E-state index is 9.72. The highest BCUT2D eigenvalue weighted by atomic mass is 127. The zero-order chi connectivity index (χ0) is 9.68. The highest BCUT2D eigenvalue weighted by molar-refractivity contribution is 14.1. The Labute approximate surface area is 92.6 Å². The fourth-order valence-corrected chi connectivity index (χ4v) is 1.72. The Morgan fingerprint density at radius 2 is 2.31 bits per heavy atom. The van der Waals surface area contributed by atoms with Gasteiger partial charge in [0.25, 0.3) is 0 Å². The summed E-state index contributed by atoms with van der Waals surface area (Å²) in [5, 5.41) is 9.72. The fraction of sp³-hybridized carbons (Fsp3) is 0.273. The predicted octanol–water partition coefficient (Wildman–Crippen LogP) is 3.29. The third-order valence-electron chi connectivity index (χ3n) is 1.88. The van der Waals surface area contributed by atoms with E-state index in [-0.39, 0.29) is 6.10 Å². The number of rotatable bonds is 4. The van der Waals surface area contributed by atoms with Crippen molar-refractivity contribution >= 4 is 22.6 Å². The Hall–Kier alpha value is -0.350. The molecule has 1 nitrogen and oxygen atoms in total. The Bertz CT molecular complexity index is 283. The minimum atomic E-state index is -0.354. The minimum absolute atomic E-state index is 0.354. The topological polar surface area (TPSA) is 20.2 Å². The van der Waals surface area contributed by atoms with Crippen LogP contribution >= 0.6 is 22.6 Å². The maximum atomic E-state index is 9.72. The molecule has 0 aliphatic rings. The molecule has 0 bridgehead atoms. The van der Waals surface area contributed by atoms with Crippen LogP contribution < -0.4 is 0 Å². The third-order valence-corrected chi connectivity index (χ3v) is 2.55. The Morgan fingerprint density at radius 1 is 1.54 bits per heavy atom. The molecule has 1 unspecified atom stereocenters. The van der Waals surface area contributed by atoms with Gasteiger partial charge in [-0.2, -0.15) is 0 Å². The second-order valence-corrected chi connectivity index (χ2v) is 4.18. The normalized spacial score (nSPS) is 12.5. The SMILES string of the molecule is C=CCCC(O)c1cccc(I)c1. The number of aliphatic hydroxyl groups is 1. The molecule has 0 fully saturated rings. The van der Waals surface area contributed by atoms with Crippen molar-refractivity contribution in [3.63, 3.8) is 0 Å². The van der Waals surface area contributed by atoms with Crippen molar-refractivity contribution in [2.24, 2.45) is 0 Å². The van der Waals surface area contributed by atoms with Gasteiger partial charge in [-0.15, -0.1) is 6.58 Å². The highest BCUT2D eigenvalue weighted by Gasteiger charge is 2.05. The van der Waals surface area contributed by atoms with Crippen molar-refractivity contribution in [2.75, 3.05) is 0 Å². The monoisotopic (exact) mass is 288 g/mol. The average molecular weight is 288 g/mol. The van der Waals surface area contributed by atoms with Crippen LogP contribution in [0.1, 0.15) is 24.5 Å². The predicted molar refractivity (Wildman–Crippen MR) is 63.5 cm³/mol. The summed E-state index contributed by atoms with van der Waals surface area (Å²) in [6, 6.07) is 7.95. The van der Waals surface area contributed by atoms with Crippen molar-refractivity contribution in [1.29, 1.82) is 0 Å². The average Bonchev–Trinajstić information content (AvgIpc) is 2.14. The molecular weight excluding hydrogens is 275 g/mol. The maximum Gasteiger partial charge on any atom is 0.0793 e. The van der Waals surface area contributed by atoms with Crippen LogP contribution in [-0.4, -0.2) is 5.11 Å². The second kappa shape index (κ2) is 5.40. The molecule has 1 N–H and O–H groups in total. The molecule has 0 saturated heterocycles.